The minimum absolute atomic E-state index is 0. The maximum atomic E-state index is 3.36. The molecule has 0 saturated carbocycles. The van der Waals surface area contributed by atoms with Crippen molar-refractivity contribution in [2.24, 2.45) is 0 Å². The van der Waals surface area contributed by atoms with Gasteiger partial charge in [0.15, 0.2) is 0 Å². The second-order valence-corrected chi connectivity index (χ2v) is 0.408. The molecule has 0 bridgehead atoms. The molecule has 0 heterocycles. The zero-order valence-corrected chi connectivity index (χ0v) is 7.03. The zero-order chi connectivity index (χ0) is 2.71. The van der Waals surface area contributed by atoms with Crippen LogP contribution in [0.5, 0.6) is 0 Å². The van der Waals surface area contributed by atoms with Crippen LogP contribution < -0.4 is 0 Å². The van der Waals surface area contributed by atoms with E-state index in [4.69, 9.17) is 0 Å². The summed E-state index contributed by atoms with van der Waals surface area (Å²) < 4.78 is 0. The molecule has 0 atom stereocenters. The van der Waals surface area contributed by atoms with Gasteiger partial charge in [-0.2, -0.15) is 0 Å². The monoisotopic (exact) mass is 166 g/mol. The van der Waals surface area contributed by atoms with Crippen molar-refractivity contribution >= 4 is 24.4 Å². The van der Waals surface area contributed by atoms with Gasteiger partial charge in [0.05, 0.1) is 0 Å². The predicted molar refractivity (Wildman–Crippen MR) is 25.8 cm³/mol. The van der Waals surface area contributed by atoms with Crippen LogP contribution in [0.2, 0.25) is 0 Å². The molecule has 0 N–H and O–H groups in total. The Kier molecular flexibility index (Phi) is 21.1. The van der Waals surface area contributed by atoms with E-state index in [0.29, 0.717) is 0 Å². The molecule has 0 rings (SSSR count). The predicted octanol–water partition coefficient (Wildman–Crippen LogP) is 0.00840. The molecule has 0 spiro atoms. The molecule has 0 aromatic heterocycles. The summed E-state index contributed by atoms with van der Waals surface area (Å²) in [7, 11) is 0. The van der Waals surface area contributed by atoms with E-state index in [1.165, 1.54) is 0 Å². The second kappa shape index (κ2) is 9.59. The first kappa shape index (κ1) is 8.82. The Morgan fingerprint density at radius 3 is 1.75 bits per heavy atom. The van der Waals surface area contributed by atoms with Crippen molar-refractivity contribution in [2.75, 3.05) is 0 Å². The van der Waals surface area contributed by atoms with Crippen LogP contribution in [0.25, 0.3) is 0 Å². The normalized spacial score (nSPS) is 3.25. The summed E-state index contributed by atoms with van der Waals surface area (Å²) >= 11 is 0. The summed E-state index contributed by atoms with van der Waals surface area (Å²) in [6, 6.07) is 0. The van der Waals surface area contributed by atoms with E-state index in [1.54, 1.807) is 6.08 Å². The molecule has 0 aromatic carbocycles. The van der Waals surface area contributed by atoms with Crippen molar-refractivity contribution in [1.82, 2.24) is 0 Å². The van der Waals surface area contributed by atoms with Crippen LogP contribution in [0.1, 0.15) is 6.92 Å². The SMILES string of the molecule is C=CC.[SbH3]. The van der Waals surface area contributed by atoms with Crippen LogP contribution in [-0.4, -0.2) is 24.4 Å². The Hall–Kier alpha value is 0.558. The Balaban J connectivity index is 0. The molecule has 0 amide bonds. The van der Waals surface area contributed by atoms with Crippen molar-refractivity contribution in [3.63, 3.8) is 0 Å². The van der Waals surface area contributed by atoms with Gasteiger partial charge in [-0.05, 0) is 6.92 Å². The fraction of sp³-hybridized carbons (Fsp3) is 0.333. The van der Waals surface area contributed by atoms with Crippen molar-refractivity contribution in [3.05, 3.63) is 12.7 Å². The third kappa shape index (κ3) is 19.9. The molecule has 0 aliphatic carbocycles. The van der Waals surface area contributed by atoms with Crippen LogP contribution in [-0.2, 0) is 0 Å². The van der Waals surface area contributed by atoms with Gasteiger partial charge in [-0.3, -0.25) is 0 Å². The summed E-state index contributed by atoms with van der Waals surface area (Å²) in [4.78, 5) is 0. The average molecular weight is 167 g/mol. The van der Waals surface area contributed by atoms with Gasteiger partial charge in [-0.25, -0.2) is 0 Å². The van der Waals surface area contributed by atoms with Gasteiger partial charge in [0.25, 0.3) is 0 Å². The van der Waals surface area contributed by atoms with Gasteiger partial charge in [-0.1, -0.05) is 6.08 Å². The van der Waals surface area contributed by atoms with Crippen LogP contribution in [0, 0.1) is 0 Å². The van der Waals surface area contributed by atoms with E-state index < -0.39 is 0 Å². The Morgan fingerprint density at radius 1 is 1.75 bits per heavy atom. The standard InChI is InChI=1S/C3H6.Sb.3H/c1-3-2;;;;/h3H,1H2,2H3;;;;. The first-order valence-electron chi connectivity index (χ1n) is 0.986. The molecular formula is C3H9Sb. The molecule has 0 fully saturated rings. The Bertz CT molecular complexity index is 10.8. The fourth-order valence-corrected chi connectivity index (χ4v) is 0. The molecule has 0 aliphatic rings. The third-order valence-electron chi connectivity index (χ3n) is 0. The van der Waals surface area contributed by atoms with Gasteiger partial charge < -0.3 is 0 Å². The molecule has 0 aromatic rings. The van der Waals surface area contributed by atoms with E-state index in [9.17, 15) is 0 Å². The van der Waals surface area contributed by atoms with E-state index in [1.807, 2.05) is 6.92 Å². The fourth-order valence-electron chi connectivity index (χ4n) is 0. The maximum absolute atomic E-state index is 3.36. The van der Waals surface area contributed by atoms with E-state index in [-0.39, 0.29) is 24.4 Å². The summed E-state index contributed by atoms with van der Waals surface area (Å²) in [6.45, 7) is 5.25. The molecule has 0 aliphatic heterocycles. The van der Waals surface area contributed by atoms with Crippen molar-refractivity contribution in [3.8, 4) is 0 Å². The molecule has 0 radical (unpaired) electrons. The minimum atomic E-state index is 0. The molecular weight excluding hydrogens is 158 g/mol. The number of allylic oxidation sites excluding steroid dienone is 1. The number of hydrogen-bond donors (Lipinski definition) is 0. The van der Waals surface area contributed by atoms with E-state index in [0.717, 1.165) is 0 Å². The van der Waals surface area contributed by atoms with Crippen molar-refractivity contribution < 1.29 is 0 Å². The second-order valence-electron chi connectivity index (χ2n) is 0.408. The van der Waals surface area contributed by atoms with Gasteiger partial charge in [0.1, 0.15) is 0 Å². The molecule has 26 valence electrons. The molecule has 0 nitrogen and oxygen atoms in total. The third-order valence-corrected chi connectivity index (χ3v) is 0. The topological polar surface area (TPSA) is 0 Å². The zero-order valence-electron chi connectivity index (χ0n) is 2.99. The molecule has 1 heteroatoms. The van der Waals surface area contributed by atoms with Crippen LogP contribution in [0.15, 0.2) is 12.7 Å². The van der Waals surface area contributed by atoms with Crippen LogP contribution in [0.3, 0.4) is 0 Å². The quantitative estimate of drug-likeness (QED) is 0.352. The summed E-state index contributed by atoms with van der Waals surface area (Å²) in [5.74, 6) is 0. The number of hydrogen-bond acceptors (Lipinski definition) is 0. The van der Waals surface area contributed by atoms with Gasteiger partial charge in [0, 0.05) is 0 Å². The van der Waals surface area contributed by atoms with Gasteiger partial charge in [-0.15, -0.1) is 6.58 Å². The summed E-state index contributed by atoms with van der Waals surface area (Å²) in [5.41, 5.74) is 0. The Labute approximate surface area is 44.4 Å². The first-order chi connectivity index (χ1) is 1.41. The summed E-state index contributed by atoms with van der Waals surface area (Å²) in [5, 5.41) is 0. The first-order valence-corrected chi connectivity index (χ1v) is 0.986. The van der Waals surface area contributed by atoms with Crippen molar-refractivity contribution in [1.29, 1.82) is 0 Å². The average Bonchev–Trinajstić information content (AvgIpc) is 0.918. The van der Waals surface area contributed by atoms with Gasteiger partial charge in [0.2, 0.25) is 0 Å². The van der Waals surface area contributed by atoms with E-state index in [2.05, 4.69) is 6.58 Å². The van der Waals surface area contributed by atoms with Crippen LogP contribution >= 0.6 is 0 Å². The van der Waals surface area contributed by atoms with Gasteiger partial charge >= 0.3 is 24.4 Å². The van der Waals surface area contributed by atoms with E-state index >= 15 is 0 Å². The van der Waals surface area contributed by atoms with Crippen molar-refractivity contribution in [2.45, 2.75) is 6.92 Å². The Morgan fingerprint density at radius 2 is 1.75 bits per heavy atom. The summed E-state index contributed by atoms with van der Waals surface area (Å²) in [6.07, 6.45) is 1.75. The molecule has 0 unspecified atom stereocenters. The number of rotatable bonds is 0. The molecule has 4 heavy (non-hydrogen) atoms. The van der Waals surface area contributed by atoms with Crippen LogP contribution in [0.4, 0.5) is 0 Å². The molecule has 0 saturated heterocycles.